The van der Waals surface area contributed by atoms with E-state index in [1.807, 2.05) is 0 Å². The van der Waals surface area contributed by atoms with Crippen LogP contribution in [0.25, 0.3) is 0 Å². The number of ether oxygens (including phenoxy) is 1. The fourth-order valence-corrected chi connectivity index (χ4v) is 2.99. The van der Waals surface area contributed by atoms with Gasteiger partial charge in [0.15, 0.2) is 5.78 Å². The third kappa shape index (κ3) is 3.70. The summed E-state index contributed by atoms with van der Waals surface area (Å²) < 4.78 is 5.22. The molecule has 2 rings (SSSR count). The molecule has 1 fully saturated rings. The number of benzene rings is 1. The van der Waals surface area contributed by atoms with Crippen molar-refractivity contribution in [3.63, 3.8) is 0 Å². The highest BCUT2D eigenvalue weighted by atomic mass is 16.5. The molecule has 0 atom stereocenters. The minimum atomic E-state index is -1.16. The van der Waals surface area contributed by atoms with E-state index in [0.29, 0.717) is 29.7 Å². The van der Waals surface area contributed by atoms with Gasteiger partial charge < -0.3 is 15.2 Å². The zero-order valence-electron chi connectivity index (χ0n) is 13.3. The number of carbonyl (C=O) groups is 3. The first kappa shape index (κ1) is 17.0. The Labute approximate surface area is 134 Å². The third-order valence-electron chi connectivity index (χ3n) is 4.28. The fraction of sp³-hybridized carbons (Fsp3) is 0.471. The van der Waals surface area contributed by atoms with Crippen molar-refractivity contribution < 1.29 is 24.2 Å². The number of carboxylic acids is 1. The molecule has 23 heavy (non-hydrogen) atoms. The molecule has 1 aromatic rings. The number of amides is 1. The molecule has 1 aromatic carbocycles. The quantitative estimate of drug-likeness (QED) is 0.782. The number of nitrogens with one attached hydrogen (secondary N) is 1. The van der Waals surface area contributed by atoms with Gasteiger partial charge in [0.2, 0.25) is 5.91 Å². The Kier molecular flexibility index (Phi) is 5.03. The Morgan fingerprint density at radius 1 is 1.26 bits per heavy atom. The smallest absolute Gasteiger partial charge is 0.329 e. The summed E-state index contributed by atoms with van der Waals surface area (Å²) in [7, 11) is 1.49. The van der Waals surface area contributed by atoms with Crippen molar-refractivity contribution in [2.75, 3.05) is 7.11 Å². The number of methoxy groups -OCH3 is 1. The number of carboxylic acid groups (broad SMARTS) is 1. The van der Waals surface area contributed by atoms with Crippen molar-refractivity contribution in [3.05, 3.63) is 29.3 Å². The Morgan fingerprint density at radius 2 is 1.91 bits per heavy atom. The van der Waals surface area contributed by atoms with Gasteiger partial charge in [0.25, 0.3) is 0 Å². The second-order valence-electron chi connectivity index (χ2n) is 5.90. The lowest BCUT2D eigenvalue weighted by Crippen LogP contribution is -2.52. The van der Waals surface area contributed by atoms with Gasteiger partial charge in [0.05, 0.1) is 13.5 Å². The second-order valence-corrected chi connectivity index (χ2v) is 5.90. The van der Waals surface area contributed by atoms with Gasteiger partial charge in [0.1, 0.15) is 11.3 Å². The van der Waals surface area contributed by atoms with Gasteiger partial charge in [-0.15, -0.1) is 0 Å². The van der Waals surface area contributed by atoms with Crippen LogP contribution in [0.1, 0.15) is 48.5 Å². The molecule has 6 heteroatoms. The largest absolute Gasteiger partial charge is 0.496 e. The Bertz CT molecular complexity index is 632. The molecule has 0 heterocycles. The molecule has 6 nitrogen and oxygen atoms in total. The Morgan fingerprint density at radius 3 is 2.43 bits per heavy atom. The van der Waals surface area contributed by atoms with Crippen LogP contribution in [0, 0.1) is 0 Å². The standard InChI is InChI=1S/C17H21NO5/c1-11(19)12-5-6-14(23-2)13(9-12)10-15(20)18-17(16(21)22)7-3-4-8-17/h5-6,9H,3-4,7-8,10H2,1-2H3,(H,18,20)(H,21,22). The van der Waals surface area contributed by atoms with Crippen molar-refractivity contribution >= 4 is 17.7 Å². The number of aliphatic carboxylic acids is 1. The number of rotatable bonds is 6. The number of carbonyl (C=O) groups excluding carboxylic acids is 2. The molecule has 0 aliphatic heterocycles. The maximum Gasteiger partial charge on any atom is 0.329 e. The number of Topliss-reactive ketones (excluding diaryl/α,β-unsaturated/α-hetero) is 1. The molecule has 0 saturated heterocycles. The van der Waals surface area contributed by atoms with E-state index in [-0.39, 0.29) is 18.1 Å². The van der Waals surface area contributed by atoms with E-state index in [1.165, 1.54) is 14.0 Å². The van der Waals surface area contributed by atoms with Gasteiger partial charge in [-0.05, 0) is 38.0 Å². The summed E-state index contributed by atoms with van der Waals surface area (Å²) in [5, 5.41) is 12.1. The van der Waals surface area contributed by atoms with Crippen molar-refractivity contribution in [2.24, 2.45) is 0 Å². The lowest BCUT2D eigenvalue weighted by atomic mass is 9.97. The molecule has 1 aliphatic carbocycles. The summed E-state index contributed by atoms with van der Waals surface area (Å²) in [6.45, 7) is 1.45. The molecule has 124 valence electrons. The SMILES string of the molecule is COc1ccc(C(C)=O)cc1CC(=O)NC1(C(=O)O)CCCC1. The molecular formula is C17H21NO5. The van der Waals surface area contributed by atoms with Crippen LogP contribution in [-0.2, 0) is 16.0 Å². The zero-order chi connectivity index (χ0) is 17.0. The van der Waals surface area contributed by atoms with Crippen molar-refractivity contribution in [3.8, 4) is 5.75 Å². The average Bonchev–Trinajstić information content (AvgIpc) is 2.96. The average molecular weight is 319 g/mol. The summed E-state index contributed by atoms with van der Waals surface area (Å²) in [6, 6.07) is 4.89. The second kappa shape index (κ2) is 6.81. The summed E-state index contributed by atoms with van der Waals surface area (Å²) in [5.41, 5.74) is -0.110. The van der Waals surface area contributed by atoms with Crippen LogP contribution in [-0.4, -0.2) is 35.4 Å². The normalized spacial score (nSPS) is 15.9. The van der Waals surface area contributed by atoms with Crippen molar-refractivity contribution in [1.82, 2.24) is 5.32 Å². The lowest BCUT2D eigenvalue weighted by molar-refractivity contribution is -0.147. The maximum absolute atomic E-state index is 12.3. The molecular weight excluding hydrogens is 298 g/mol. The molecule has 1 saturated carbocycles. The van der Waals surface area contributed by atoms with Crippen LogP contribution in [0.5, 0.6) is 5.75 Å². The highest BCUT2D eigenvalue weighted by Crippen LogP contribution is 2.30. The van der Waals surface area contributed by atoms with Gasteiger partial charge in [-0.1, -0.05) is 12.8 Å². The highest BCUT2D eigenvalue weighted by Gasteiger charge is 2.42. The van der Waals surface area contributed by atoms with Crippen LogP contribution < -0.4 is 10.1 Å². The van der Waals surface area contributed by atoms with E-state index in [2.05, 4.69) is 5.32 Å². The van der Waals surface area contributed by atoms with E-state index in [9.17, 15) is 19.5 Å². The van der Waals surface area contributed by atoms with Crippen molar-refractivity contribution in [1.29, 1.82) is 0 Å². The number of hydrogen-bond acceptors (Lipinski definition) is 4. The fourth-order valence-electron chi connectivity index (χ4n) is 2.99. The highest BCUT2D eigenvalue weighted by molar-refractivity contribution is 5.95. The first-order valence-electron chi connectivity index (χ1n) is 7.60. The number of hydrogen-bond donors (Lipinski definition) is 2. The van der Waals surface area contributed by atoms with Gasteiger partial charge in [0, 0.05) is 11.1 Å². The Hall–Kier alpha value is -2.37. The van der Waals surface area contributed by atoms with Gasteiger partial charge >= 0.3 is 5.97 Å². The third-order valence-corrected chi connectivity index (χ3v) is 4.28. The van der Waals surface area contributed by atoms with E-state index < -0.39 is 11.5 Å². The van der Waals surface area contributed by atoms with E-state index in [4.69, 9.17) is 4.74 Å². The molecule has 0 aromatic heterocycles. The van der Waals surface area contributed by atoms with Crippen LogP contribution in [0.3, 0.4) is 0 Å². The molecule has 1 amide bonds. The van der Waals surface area contributed by atoms with Crippen LogP contribution in [0.4, 0.5) is 0 Å². The predicted molar refractivity (Wildman–Crippen MR) is 83.7 cm³/mol. The first-order chi connectivity index (χ1) is 10.9. The van der Waals surface area contributed by atoms with E-state index in [0.717, 1.165) is 12.8 Å². The molecule has 0 radical (unpaired) electrons. The molecule has 1 aliphatic rings. The van der Waals surface area contributed by atoms with Crippen LogP contribution in [0.15, 0.2) is 18.2 Å². The van der Waals surface area contributed by atoms with Crippen molar-refractivity contribution in [2.45, 2.75) is 44.6 Å². The van der Waals surface area contributed by atoms with Gasteiger partial charge in [-0.3, -0.25) is 9.59 Å². The van der Waals surface area contributed by atoms with Crippen LogP contribution in [0.2, 0.25) is 0 Å². The molecule has 0 spiro atoms. The van der Waals surface area contributed by atoms with Gasteiger partial charge in [-0.2, -0.15) is 0 Å². The van der Waals surface area contributed by atoms with Crippen LogP contribution >= 0.6 is 0 Å². The topological polar surface area (TPSA) is 92.7 Å². The molecule has 2 N–H and O–H groups in total. The number of ketones is 1. The van der Waals surface area contributed by atoms with E-state index in [1.54, 1.807) is 18.2 Å². The summed E-state index contributed by atoms with van der Waals surface area (Å²) in [5.74, 6) is -0.978. The molecule has 0 bridgehead atoms. The first-order valence-corrected chi connectivity index (χ1v) is 7.60. The predicted octanol–water partition coefficient (Wildman–Crippen LogP) is 1.95. The minimum Gasteiger partial charge on any atom is -0.496 e. The summed E-state index contributed by atoms with van der Waals surface area (Å²) in [4.78, 5) is 35.3. The summed E-state index contributed by atoms with van der Waals surface area (Å²) >= 11 is 0. The summed E-state index contributed by atoms with van der Waals surface area (Å²) in [6.07, 6.45) is 2.43. The molecule has 0 unspecified atom stereocenters. The monoisotopic (exact) mass is 319 g/mol. The van der Waals surface area contributed by atoms with Gasteiger partial charge in [-0.25, -0.2) is 4.79 Å². The Balaban J connectivity index is 2.17. The zero-order valence-corrected chi connectivity index (χ0v) is 13.3. The minimum absolute atomic E-state index is 0.0284. The van der Waals surface area contributed by atoms with E-state index >= 15 is 0 Å². The lowest BCUT2D eigenvalue weighted by Gasteiger charge is -2.25. The maximum atomic E-state index is 12.3.